The highest BCUT2D eigenvalue weighted by Gasteiger charge is 2.24. The third kappa shape index (κ3) is 1.81. The molecular weight excluding hydrogens is 208 g/mol. The van der Waals surface area contributed by atoms with E-state index in [1.165, 1.54) is 12.8 Å². The Labute approximate surface area is 90.4 Å². The van der Waals surface area contributed by atoms with Crippen molar-refractivity contribution in [3.05, 3.63) is 24.5 Å². The van der Waals surface area contributed by atoms with Gasteiger partial charge in [-0.1, -0.05) is 0 Å². The molecule has 0 bridgehead atoms. The van der Waals surface area contributed by atoms with Gasteiger partial charge in [0.1, 0.15) is 5.65 Å². The first kappa shape index (κ1) is 9.09. The van der Waals surface area contributed by atoms with Crippen LogP contribution in [0.25, 0.3) is 11.0 Å². The van der Waals surface area contributed by atoms with E-state index >= 15 is 0 Å². The van der Waals surface area contributed by atoms with Gasteiger partial charge in [-0.05, 0) is 30.9 Å². The van der Waals surface area contributed by atoms with E-state index in [1.807, 2.05) is 18.3 Å². The van der Waals surface area contributed by atoms with Gasteiger partial charge in [-0.15, -0.1) is 0 Å². The zero-order chi connectivity index (χ0) is 10.3. The average molecular weight is 220 g/mol. The normalized spacial score (nSPS) is 18.1. The maximum absolute atomic E-state index is 11.9. The van der Waals surface area contributed by atoms with Crippen LogP contribution in [-0.4, -0.2) is 19.9 Å². The van der Waals surface area contributed by atoms with Crippen LogP contribution in [0.3, 0.4) is 0 Å². The van der Waals surface area contributed by atoms with Crippen LogP contribution < -0.4 is 0 Å². The Morgan fingerprint density at radius 3 is 3.20 bits per heavy atom. The first-order valence-corrected chi connectivity index (χ1v) is 6.46. The lowest BCUT2D eigenvalue weighted by atomic mass is 10.3. The maximum Gasteiger partial charge on any atom is 0.137 e. The van der Waals surface area contributed by atoms with Gasteiger partial charge in [-0.3, -0.25) is 4.21 Å². The molecule has 78 valence electrons. The second-order valence-electron chi connectivity index (χ2n) is 4.04. The Morgan fingerprint density at radius 2 is 2.40 bits per heavy atom. The Balaban J connectivity index is 1.91. The molecule has 0 spiro atoms. The molecule has 2 heterocycles. The van der Waals surface area contributed by atoms with Crippen molar-refractivity contribution in [3.8, 4) is 0 Å². The summed E-state index contributed by atoms with van der Waals surface area (Å²) in [6.45, 7) is 0. The minimum atomic E-state index is -0.868. The van der Waals surface area contributed by atoms with Crippen LogP contribution in [0.15, 0.2) is 29.4 Å². The standard InChI is InChI=1S/C11H12N2OS/c14-15(7-8-1-2-8)10-5-9-3-4-12-11(9)13-6-10/h3-6,8H,1-2,7H2,(H,12,13). The van der Waals surface area contributed by atoms with Crippen molar-refractivity contribution in [3.63, 3.8) is 0 Å². The Morgan fingerprint density at radius 1 is 1.53 bits per heavy atom. The minimum absolute atomic E-state index is 0.688. The van der Waals surface area contributed by atoms with Crippen LogP contribution in [0.4, 0.5) is 0 Å². The van der Waals surface area contributed by atoms with Crippen LogP contribution in [0.2, 0.25) is 0 Å². The van der Waals surface area contributed by atoms with E-state index in [0.717, 1.165) is 21.7 Å². The highest BCUT2D eigenvalue weighted by Crippen LogP contribution is 2.31. The molecule has 3 rings (SSSR count). The summed E-state index contributed by atoms with van der Waals surface area (Å²) in [6, 6.07) is 3.93. The van der Waals surface area contributed by atoms with E-state index in [0.29, 0.717) is 5.92 Å². The van der Waals surface area contributed by atoms with Gasteiger partial charge in [-0.25, -0.2) is 4.98 Å². The van der Waals surface area contributed by atoms with Gasteiger partial charge in [0.05, 0.1) is 15.7 Å². The fourth-order valence-electron chi connectivity index (χ4n) is 1.64. The molecule has 0 aliphatic heterocycles. The van der Waals surface area contributed by atoms with Crippen molar-refractivity contribution in [2.45, 2.75) is 17.7 Å². The number of hydrogen-bond acceptors (Lipinski definition) is 2. The van der Waals surface area contributed by atoms with Crippen LogP contribution in [0, 0.1) is 5.92 Å². The molecule has 1 atom stereocenters. The molecule has 1 N–H and O–H groups in total. The molecule has 0 saturated heterocycles. The quantitative estimate of drug-likeness (QED) is 0.860. The lowest BCUT2D eigenvalue weighted by Gasteiger charge is -2.00. The molecule has 2 aromatic rings. The van der Waals surface area contributed by atoms with Gasteiger partial charge < -0.3 is 4.98 Å². The number of nitrogens with zero attached hydrogens (tertiary/aromatic N) is 1. The van der Waals surface area contributed by atoms with E-state index in [4.69, 9.17) is 0 Å². The molecule has 3 nitrogen and oxygen atoms in total. The van der Waals surface area contributed by atoms with Gasteiger partial charge >= 0.3 is 0 Å². The van der Waals surface area contributed by atoms with Crippen molar-refractivity contribution >= 4 is 21.8 Å². The van der Waals surface area contributed by atoms with E-state index < -0.39 is 10.8 Å². The first-order valence-electron chi connectivity index (χ1n) is 5.14. The third-order valence-electron chi connectivity index (χ3n) is 2.72. The number of aromatic nitrogens is 2. The fraction of sp³-hybridized carbons (Fsp3) is 0.364. The molecule has 2 aromatic heterocycles. The minimum Gasteiger partial charge on any atom is -0.346 e. The number of H-pyrrole nitrogens is 1. The number of aromatic amines is 1. The summed E-state index contributed by atoms with van der Waals surface area (Å²) in [6.07, 6.45) is 6.06. The molecular formula is C11H12N2OS. The Hall–Kier alpha value is -1.16. The van der Waals surface area contributed by atoms with Crippen molar-refractivity contribution < 1.29 is 4.21 Å². The summed E-state index contributed by atoms with van der Waals surface area (Å²) in [5.41, 5.74) is 0.863. The second-order valence-corrected chi connectivity index (χ2v) is 5.54. The predicted octanol–water partition coefficient (Wildman–Crippen LogP) is 2.08. The molecule has 4 heteroatoms. The Kier molecular flexibility index (Phi) is 2.09. The summed E-state index contributed by atoms with van der Waals surface area (Å²) in [4.78, 5) is 8.13. The molecule has 1 saturated carbocycles. The summed E-state index contributed by atoms with van der Waals surface area (Å²) in [7, 11) is -0.868. The van der Waals surface area contributed by atoms with Crippen LogP contribution in [-0.2, 0) is 10.8 Å². The number of fused-ring (bicyclic) bond motifs is 1. The number of nitrogens with one attached hydrogen (secondary N) is 1. The molecule has 1 unspecified atom stereocenters. The number of hydrogen-bond donors (Lipinski definition) is 1. The van der Waals surface area contributed by atoms with Crippen molar-refractivity contribution in [2.24, 2.45) is 5.92 Å². The van der Waals surface area contributed by atoms with Gasteiger partial charge in [0.25, 0.3) is 0 Å². The molecule has 1 aliphatic rings. The number of pyridine rings is 1. The zero-order valence-corrected chi connectivity index (χ0v) is 9.09. The van der Waals surface area contributed by atoms with Gasteiger partial charge in [-0.2, -0.15) is 0 Å². The molecule has 0 amide bonds. The maximum atomic E-state index is 11.9. The fourth-order valence-corrected chi connectivity index (χ4v) is 3.02. The van der Waals surface area contributed by atoms with Crippen LogP contribution in [0.5, 0.6) is 0 Å². The van der Waals surface area contributed by atoms with Crippen molar-refractivity contribution in [2.75, 3.05) is 5.75 Å². The molecule has 15 heavy (non-hydrogen) atoms. The monoisotopic (exact) mass is 220 g/mol. The van der Waals surface area contributed by atoms with Crippen LogP contribution >= 0.6 is 0 Å². The van der Waals surface area contributed by atoms with E-state index in [2.05, 4.69) is 9.97 Å². The van der Waals surface area contributed by atoms with Gasteiger partial charge in [0.15, 0.2) is 0 Å². The van der Waals surface area contributed by atoms with E-state index in [-0.39, 0.29) is 0 Å². The van der Waals surface area contributed by atoms with Gasteiger partial charge in [0.2, 0.25) is 0 Å². The van der Waals surface area contributed by atoms with E-state index in [9.17, 15) is 4.21 Å². The lowest BCUT2D eigenvalue weighted by Crippen LogP contribution is -2.00. The third-order valence-corrected chi connectivity index (χ3v) is 4.25. The predicted molar refractivity (Wildman–Crippen MR) is 60.1 cm³/mol. The summed E-state index contributed by atoms with van der Waals surface area (Å²) in [5, 5.41) is 1.04. The van der Waals surface area contributed by atoms with E-state index in [1.54, 1.807) is 6.20 Å². The number of rotatable bonds is 3. The highest BCUT2D eigenvalue weighted by atomic mass is 32.2. The van der Waals surface area contributed by atoms with Crippen molar-refractivity contribution in [1.29, 1.82) is 0 Å². The average Bonchev–Trinajstić information content (AvgIpc) is 2.94. The second kappa shape index (κ2) is 3.45. The zero-order valence-electron chi connectivity index (χ0n) is 8.27. The van der Waals surface area contributed by atoms with Crippen molar-refractivity contribution in [1.82, 2.24) is 9.97 Å². The van der Waals surface area contributed by atoms with Crippen LogP contribution in [0.1, 0.15) is 12.8 Å². The van der Waals surface area contributed by atoms with Gasteiger partial charge in [0, 0.05) is 23.5 Å². The highest BCUT2D eigenvalue weighted by molar-refractivity contribution is 7.85. The molecule has 0 radical (unpaired) electrons. The lowest BCUT2D eigenvalue weighted by molar-refractivity contribution is 0.679. The smallest absolute Gasteiger partial charge is 0.137 e. The molecule has 1 fully saturated rings. The first-order chi connectivity index (χ1) is 7.33. The molecule has 0 aromatic carbocycles. The summed E-state index contributed by atoms with van der Waals surface area (Å²) < 4.78 is 11.9. The SMILES string of the molecule is O=S(CC1CC1)c1cnc2[nH]ccc2c1. The summed E-state index contributed by atoms with van der Waals surface area (Å²) >= 11 is 0. The molecule has 1 aliphatic carbocycles. The largest absolute Gasteiger partial charge is 0.346 e. The Bertz CT molecular complexity index is 516. The summed E-state index contributed by atoms with van der Waals surface area (Å²) in [5.74, 6) is 1.49. The topological polar surface area (TPSA) is 45.8 Å².